The number of anilines is 1. The van der Waals surface area contributed by atoms with Crippen molar-refractivity contribution in [3.8, 4) is 0 Å². The van der Waals surface area contributed by atoms with Gasteiger partial charge in [0.25, 0.3) is 0 Å². The molecule has 1 aromatic carbocycles. The van der Waals surface area contributed by atoms with Crippen molar-refractivity contribution >= 4 is 29.1 Å². The first-order valence-electron chi connectivity index (χ1n) is 4.55. The van der Waals surface area contributed by atoms with Crippen LogP contribution in [-0.2, 0) is 0 Å². The van der Waals surface area contributed by atoms with Crippen LogP contribution in [0.15, 0.2) is 18.2 Å². The summed E-state index contributed by atoms with van der Waals surface area (Å²) in [7, 11) is 0. The maximum absolute atomic E-state index is 13.1. The molecule has 2 rings (SSSR count). The molecule has 0 bridgehead atoms. The Morgan fingerprint density at radius 1 is 1.50 bits per heavy atom. The van der Waals surface area contributed by atoms with Crippen molar-refractivity contribution in [2.45, 2.75) is 12.5 Å². The van der Waals surface area contributed by atoms with Gasteiger partial charge in [0, 0.05) is 17.5 Å². The van der Waals surface area contributed by atoms with Crippen molar-refractivity contribution in [2.24, 2.45) is 0 Å². The number of hydrogen-bond acceptors (Lipinski definition) is 2. The highest BCUT2D eigenvalue weighted by atomic mass is 35.5. The van der Waals surface area contributed by atoms with Gasteiger partial charge >= 0.3 is 0 Å². The van der Waals surface area contributed by atoms with Crippen LogP contribution in [0, 0.1) is 5.82 Å². The van der Waals surface area contributed by atoms with Gasteiger partial charge in [-0.2, -0.15) is 11.8 Å². The van der Waals surface area contributed by atoms with Gasteiger partial charge < -0.3 is 5.32 Å². The van der Waals surface area contributed by atoms with E-state index in [1.165, 1.54) is 11.8 Å². The Hall–Kier alpha value is -0.410. The summed E-state index contributed by atoms with van der Waals surface area (Å²) in [6.45, 7) is 0. The minimum Gasteiger partial charge on any atom is -0.381 e. The van der Waals surface area contributed by atoms with Gasteiger partial charge in [-0.1, -0.05) is 11.6 Å². The first kappa shape index (κ1) is 10.1. The highest BCUT2D eigenvalue weighted by molar-refractivity contribution is 7.99. The van der Waals surface area contributed by atoms with Gasteiger partial charge in [0.1, 0.15) is 5.82 Å². The number of thioether (sulfide) groups is 1. The summed E-state index contributed by atoms with van der Waals surface area (Å²) >= 11 is 7.52. The first-order valence-corrected chi connectivity index (χ1v) is 6.08. The van der Waals surface area contributed by atoms with E-state index in [0.717, 1.165) is 17.9 Å². The zero-order valence-corrected chi connectivity index (χ0v) is 9.17. The second-order valence-corrected chi connectivity index (χ2v) is 4.89. The number of rotatable bonds is 2. The summed E-state index contributed by atoms with van der Waals surface area (Å²) in [5.41, 5.74) is 0.819. The van der Waals surface area contributed by atoms with Crippen molar-refractivity contribution in [1.29, 1.82) is 0 Å². The number of halogens is 2. The van der Waals surface area contributed by atoms with E-state index in [9.17, 15) is 4.39 Å². The van der Waals surface area contributed by atoms with Gasteiger partial charge in [0.2, 0.25) is 0 Å². The molecule has 1 N–H and O–H groups in total. The molecule has 1 nitrogen and oxygen atoms in total. The molecule has 0 radical (unpaired) electrons. The van der Waals surface area contributed by atoms with Crippen LogP contribution in [0.2, 0.25) is 5.02 Å². The summed E-state index contributed by atoms with van der Waals surface area (Å²) in [5, 5.41) is 3.47. The summed E-state index contributed by atoms with van der Waals surface area (Å²) in [5.74, 6) is 1.93. The van der Waals surface area contributed by atoms with Crippen molar-refractivity contribution in [2.75, 3.05) is 16.8 Å². The molecule has 1 saturated heterocycles. The molecule has 0 saturated carbocycles. The Kier molecular flexibility index (Phi) is 3.19. The minimum atomic E-state index is -0.359. The SMILES string of the molecule is Fc1cc(NC2CCSC2)ccc1Cl. The van der Waals surface area contributed by atoms with E-state index >= 15 is 0 Å². The highest BCUT2D eigenvalue weighted by Crippen LogP contribution is 2.23. The van der Waals surface area contributed by atoms with Crippen LogP contribution in [-0.4, -0.2) is 17.5 Å². The summed E-state index contributed by atoms with van der Waals surface area (Å²) < 4.78 is 13.1. The third kappa shape index (κ3) is 2.34. The van der Waals surface area contributed by atoms with Gasteiger partial charge in [-0.15, -0.1) is 0 Å². The zero-order valence-electron chi connectivity index (χ0n) is 7.59. The lowest BCUT2D eigenvalue weighted by molar-refractivity contribution is 0.628. The monoisotopic (exact) mass is 231 g/mol. The lowest BCUT2D eigenvalue weighted by atomic mass is 10.2. The molecular formula is C10H11ClFNS. The summed E-state index contributed by atoms with van der Waals surface area (Å²) in [6, 6.07) is 5.32. The topological polar surface area (TPSA) is 12.0 Å². The van der Waals surface area contributed by atoms with Gasteiger partial charge in [0.15, 0.2) is 0 Å². The van der Waals surface area contributed by atoms with E-state index in [2.05, 4.69) is 5.32 Å². The van der Waals surface area contributed by atoms with Crippen LogP contribution in [0.3, 0.4) is 0 Å². The molecule has 4 heteroatoms. The molecule has 0 aromatic heterocycles. The molecule has 1 fully saturated rings. The molecule has 1 atom stereocenters. The lowest BCUT2D eigenvalue weighted by Crippen LogP contribution is -2.17. The van der Waals surface area contributed by atoms with E-state index in [1.54, 1.807) is 6.07 Å². The predicted octanol–water partition coefficient (Wildman–Crippen LogP) is 3.40. The minimum absolute atomic E-state index is 0.177. The fourth-order valence-electron chi connectivity index (χ4n) is 1.47. The van der Waals surface area contributed by atoms with E-state index in [-0.39, 0.29) is 10.8 Å². The molecular weight excluding hydrogens is 221 g/mol. The Labute approximate surface area is 92.0 Å². The molecule has 1 aliphatic heterocycles. The van der Waals surface area contributed by atoms with Gasteiger partial charge in [-0.05, 0) is 30.4 Å². The largest absolute Gasteiger partial charge is 0.381 e. The molecule has 0 aliphatic carbocycles. The fraction of sp³-hybridized carbons (Fsp3) is 0.400. The van der Waals surface area contributed by atoms with Crippen molar-refractivity contribution in [3.63, 3.8) is 0 Å². The van der Waals surface area contributed by atoms with Crippen molar-refractivity contribution in [3.05, 3.63) is 29.0 Å². The summed E-state index contributed by atoms with van der Waals surface area (Å²) in [6.07, 6.45) is 1.15. The molecule has 14 heavy (non-hydrogen) atoms. The standard InChI is InChI=1S/C10H11ClFNS/c11-9-2-1-7(5-10(9)12)13-8-3-4-14-6-8/h1-2,5,8,13H,3-4,6H2. The maximum Gasteiger partial charge on any atom is 0.143 e. The van der Waals surface area contributed by atoms with Gasteiger partial charge in [0.05, 0.1) is 5.02 Å². The second kappa shape index (κ2) is 4.41. The Bertz CT molecular complexity index is 326. The third-order valence-electron chi connectivity index (χ3n) is 2.22. The summed E-state index contributed by atoms with van der Waals surface area (Å²) in [4.78, 5) is 0. The Morgan fingerprint density at radius 3 is 3.00 bits per heavy atom. The van der Waals surface area contributed by atoms with Gasteiger partial charge in [-0.25, -0.2) is 4.39 Å². The Morgan fingerprint density at radius 2 is 2.36 bits per heavy atom. The molecule has 0 spiro atoms. The number of benzene rings is 1. The lowest BCUT2D eigenvalue weighted by Gasteiger charge is -2.12. The van der Waals surface area contributed by atoms with Crippen molar-refractivity contribution in [1.82, 2.24) is 0 Å². The molecule has 1 aromatic rings. The van der Waals surface area contributed by atoms with E-state index in [0.29, 0.717) is 6.04 Å². The quantitative estimate of drug-likeness (QED) is 0.838. The molecule has 1 heterocycles. The molecule has 1 unspecified atom stereocenters. The van der Waals surface area contributed by atoms with E-state index in [1.807, 2.05) is 17.8 Å². The van der Waals surface area contributed by atoms with Crippen LogP contribution in [0.4, 0.5) is 10.1 Å². The predicted molar refractivity (Wildman–Crippen MR) is 60.8 cm³/mol. The second-order valence-electron chi connectivity index (χ2n) is 3.33. The number of nitrogens with one attached hydrogen (secondary N) is 1. The van der Waals surface area contributed by atoms with Crippen LogP contribution >= 0.6 is 23.4 Å². The van der Waals surface area contributed by atoms with Crippen LogP contribution in [0.1, 0.15) is 6.42 Å². The zero-order chi connectivity index (χ0) is 9.97. The maximum atomic E-state index is 13.1. The van der Waals surface area contributed by atoms with Crippen molar-refractivity contribution < 1.29 is 4.39 Å². The molecule has 1 aliphatic rings. The van der Waals surface area contributed by atoms with E-state index in [4.69, 9.17) is 11.6 Å². The number of hydrogen-bond donors (Lipinski definition) is 1. The van der Waals surface area contributed by atoms with Crippen LogP contribution in [0.5, 0.6) is 0 Å². The van der Waals surface area contributed by atoms with Crippen LogP contribution < -0.4 is 5.32 Å². The van der Waals surface area contributed by atoms with Crippen LogP contribution in [0.25, 0.3) is 0 Å². The highest BCUT2D eigenvalue weighted by Gasteiger charge is 2.15. The normalized spacial score (nSPS) is 21.1. The average molecular weight is 232 g/mol. The average Bonchev–Trinajstić information content (AvgIpc) is 2.64. The van der Waals surface area contributed by atoms with E-state index < -0.39 is 0 Å². The Balaban J connectivity index is 2.05. The van der Waals surface area contributed by atoms with Gasteiger partial charge in [-0.3, -0.25) is 0 Å². The smallest absolute Gasteiger partial charge is 0.143 e. The third-order valence-corrected chi connectivity index (χ3v) is 3.69. The first-order chi connectivity index (χ1) is 6.75. The fourth-order valence-corrected chi connectivity index (χ4v) is 2.74. The molecule has 76 valence electrons. The molecule has 0 amide bonds.